The van der Waals surface area contributed by atoms with Gasteiger partial charge >= 0.3 is 0 Å². The van der Waals surface area contributed by atoms with Crippen LogP contribution in [0.2, 0.25) is 0 Å². The third-order valence-corrected chi connectivity index (χ3v) is 25.0. The van der Waals surface area contributed by atoms with E-state index in [2.05, 4.69) is 255 Å². The van der Waals surface area contributed by atoms with Gasteiger partial charge in [0.2, 0.25) is 0 Å². The van der Waals surface area contributed by atoms with Crippen molar-refractivity contribution >= 4 is 104 Å². The van der Waals surface area contributed by atoms with Gasteiger partial charge in [0.1, 0.15) is 28.6 Å². The summed E-state index contributed by atoms with van der Waals surface area (Å²) >= 11 is 0. The second-order valence-electron chi connectivity index (χ2n) is 26.7. The lowest BCUT2D eigenvalue weighted by atomic mass is 9.85. The van der Waals surface area contributed by atoms with Gasteiger partial charge in [-0.3, -0.25) is 0 Å². The zero-order valence-corrected chi connectivity index (χ0v) is 58.9. The van der Waals surface area contributed by atoms with Gasteiger partial charge in [-0.15, -0.1) is 0 Å². The molecule has 4 nitrogen and oxygen atoms in total. The second-order valence-corrected chi connectivity index (χ2v) is 39.6. The van der Waals surface area contributed by atoms with Crippen molar-refractivity contribution in [2.45, 2.75) is 0 Å². The molecule has 0 aliphatic heterocycles. The molecule has 0 atom stereocenters. The number of hydrogen-bond acceptors (Lipinski definition) is 4. The molecule has 470 valence electrons. The molecule has 8 heteroatoms. The van der Waals surface area contributed by atoms with Crippen molar-refractivity contribution in [2.75, 3.05) is 53.3 Å². The molecule has 0 spiro atoms. The number of rotatable bonds is 12. The third kappa shape index (κ3) is 12.6. The Hall–Kier alpha value is -9.48. The van der Waals surface area contributed by atoms with Crippen LogP contribution in [0.1, 0.15) is 0 Å². The van der Waals surface area contributed by atoms with Gasteiger partial charge in [-0.05, 0) is 208 Å². The average molecular weight is 1320 g/mol. The Morgan fingerprint density at radius 1 is 0.167 bits per heavy atom. The molecule has 0 aliphatic rings. The van der Waals surface area contributed by atoms with E-state index in [9.17, 15) is 18.3 Å². The quantitative estimate of drug-likeness (QED) is 0.0903. The minimum Gasteiger partial charge on any atom is -0.319 e. The van der Waals surface area contributed by atoms with Gasteiger partial charge in [0, 0.05) is 21.2 Å². The van der Waals surface area contributed by atoms with Crippen molar-refractivity contribution in [3.8, 4) is 89.0 Å². The van der Waals surface area contributed by atoms with Crippen LogP contribution in [-0.2, 0) is 18.3 Å². The molecule has 0 N–H and O–H groups in total. The van der Waals surface area contributed by atoms with Crippen LogP contribution in [0.4, 0.5) is 0 Å². The molecule has 0 aromatic heterocycles. The van der Waals surface area contributed by atoms with Crippen LogP contribution >= 0.6 is 28.6 Å². The molecule has 0 bridgehead atoms. The van der Waals surface area contributed by atoms with Crippen LogP contribution in [0.5, 0.6) is 0 Å². The maximum absolute atomic E-state index is 13.1. The predicted molar refractivity (Wildman–Crippen MR) is 420 cm³/mol. The Kier molecular flexibility index (Phi) is 17.0. The smallest absolute Gasteiger partial charge is 0.109 e. The van der Waals surface area contributed by atoms with E-state index in [-0.39, 0.29) is 0 Å². The number of fused-ring (bicyclic) bond motifs is 5. The molecular formula is C88H74O4P4. The highest BCUT2D eigenvalue weighted by atomic mass is 31.2. The van der Waals surface area contributed by atoms with Crippen molar-refractivity contribution in [1.29, 1.82) is 0 Å². The first-order valence-electron chi connectivity index (χ1n) is 32.5. The normalized spacial score (nSPS) is 12.1. The summed E-state index contributed by atoms with van der Waals surface area (Å²) in [6, 6.07) is 107. The fourth-order valence-electron chi connectivity index (χ4n) is 13.8. The van der Waals surface area contributed by atoms with Crippen LogP contribution < -0.4 is 21.2 Å². The van der Waals surface area contributed by atoms with E-state index in [4.69, 9.17) is 0 Å². The summed E-state index contributed by atoms with van der Waals surface area (Å²) in [5.74, 6) is 0. The van der Waals surface area contributed by atoms with E-state index < -0.39 is 28.6 Å². The van der Waals surface area contributed by atoms with Gasteiger partial charge in [0.15, 0.2) is 0 Å². The van der Waals surface area contributed by atoms with Crippen LogP contribution in [0.3, 0.4) is 0 Å². The third-order valence-electron chi connectivity index (χ3n) is 18.8. The van der Waals surface area contributed by atoms with Gasteiger partial charge in [0.25, 0.3) is 0 Å². The molecule has 0 unspecified atom stereocenters. The fraction of sp³-hybridized carbons (Fsp3) is 0.0909. The Bertz CT molecular complexity index is 5500. The lowest BCUT2D eigenvalue weighted by Gasteiger charge is -2.19. The molecule has 96 heavy (non-hydrogen) atoms. The summed E-state index contributed by atoms with van der Waals surface area (Å²) in [4.78, 5) is 0. The average Bonchev–Trinajstić information content (AvgIpc) is 0.737. The molecule has 0 saturated heterocycles. The molecule has 0 saturated carbocycles. The molecule has 15 rings (SSSR count). The largest absolute Gasteiger partial charge is 0.319 e. The van der Waals surface area contributed by atoms with Crippen LogP contribution in [-0.4, -0.2) is 53.3 Å². The van der Waals surface area contributed by atoms with Crippen LogP contribution in [0.25, 0.3) is 143 Å². The molecule has 0 fully saturated rings. The van der Waals surface area contributed by atoms with Gasteiger partial charge in [-0.2, -0.15) is 0 Å². The van der Waals surface area contributed by atoms with E-state index >= 15 is 0 Å². The molecule has 15 aromatic rings. The Morgan fingerprint density at radius 2 is 0.375 bits per heavy atom. The first-order chi connectivity index (χ1) is 46.2. The summed E-state index contributed by atoms with van der Waals surface area (Å²) in [6.07, 6.45) is 0. The van der Waals surface area contributed by atoms with Crippen molar-refractivity contribution in [1.82, 2.24) is 0 Å². The van der Waals surface area contributed by atoms with Gasteiger partial charge in [0.05, 0.1) is 0 Å². The van der Waals surface area contributed by atoms with Crippen LogP contribution in [0.15, 0.2) is 303 Å². The minimum absolute atomic E-state index is 0.893. The maximum Gasteiger partial charge on any atom is 0.109 e. The van der Waals surface area contributed by atoms with Crippen LogP contribution in [0, 0.1) is 0 Å². The first kappa shape index (κ1) is 63.9. The molecule has 0 heterocycles. The maximum atomic E-state index is 13.1. The predicted octanol–water partition coefficient (Wildman–Crippen LogP) is 23.5. The van der Waals surface area contributed by atoms with Gasteiger partial charge < -0.3 is 18.3 Å². The van der Waals surface area contributed by atoms with Gasteiger partial charge in [-0.1, -0.05) is 291 Å². The fourth-order valence-corrected chi connectivity index (χ4v) is 17.3. The lowest BCUT2D eigenvalue weighted by Crippen LogP contribution is -2.02. The van der Waals surface area contributed by atoms with Crippen molar-refractivity contribution in [3.05, 3.63) is 303 Å². The number of hydrogen-bond donors (Lipinski definition) is 0. The number of benzene rings is 15. The summed E-state index contributed by atoms with van der Waals surface area (Å²) in [6.45, 7) is 14.6. The highest BCUT2D eigenvalue weighted by Crippen LogP contribution is 2.47. The molecule has 0 aliphatic carbocycles. The highest BCUT2D eigenvalue weighted by Gasteiger charge is 2.22. The standard InChI is InChI=1S/C46H38O2P2.C42H36O2P2/c1-49(2,47)35-15-11-13-33(29-35)38-28-27-37(39-17-5-6-18-40(38)39)31-23-25-32(26-24-31)45-41-19-7-9-21-43(41)46(44-22-10-8-20-42(44)45)34-14-12-16-36(30-34)50(3,4)48;1-45(2,43)33-21-17-31(18-22-33)37-27-25-35(39-9-5-7-11-41(37)39)29-13-15-30(16-14-29)36-26-28-38(42-12-8-6-10-40(36)42)32-19-23-34(24-20-32)46(3,4)44/h5-30H,1-4H3;5-28H,1-4H3. The summed E-state index contributed by atoms with van der Waals surface area (Å²) < 4.78 is 51.1. The summed E-state index contributed by atoms with van der Waals surface area (Å²) in [5.41, 5.74) is 18.5. The van der Waals surface area contributed by atoms with E-state index in [1.54, 1.807) is 0 Å². The monoisotopic (exact) mass is 1320 g/mol. The Morgan fingerprint density at radius 3 is 0.646 bits per heavy atom. The Labute approximate surface area is 563 Å². The minimum atomic E-state index is -2.43. The summed E-state index contributed by atoms with van der Waals surface area (Å²) in [7, 11) is -9.40. The Balaban J connectivity index is 0.000000166. The van der Waals surface area contributed by atoms with Gasteiger partial charge in [-0.25, -0.2) is 0 Å². The molecule has 0 radical (unpaired) electrons. The lowest BCUT2D eigenvalue weighted by molar-refractivity contribution is 0.587. The van der Waals surface area contributed by atoms with E-state index in [0.717, 1.165) is 60.2 Å². The van der Waals surface area contributed by atoms with E-state index in [1.165, 1.54) is 104 Å². The SMILES string of the molecule is CP(C)(=O)c1ccc(-c2ccc(-c3ccc(-c4ccc(-c5ccc(P(C)(C)=O)cc5)c5ccccc45)cc3)c3ccccc23)cc1.CP(C)(=O)c1cccc(-c2ccc(-c3ccc(-c4c5ccccc5c(-c5cccc(P(C)(C)=O)c5)c5ccccc45)cc3)c3ccccc23)c1. The van der Waals surface area contributed by atoms with E-state index in [0.29, 0.717) is 0 Å². The van der Waals surface area contributed by atoms with Crippen molar-refractivity contribution in [3.63, 3.8) is 0 Å². The second kappa shape index (κ2) is 25.6. The van der Waals surface area contributed by atoms with Crippen molar-refractivity contribution in [2.24, 2.45) is 0 Å². The highest BCUT2D eigenvalue weighted by molar-refractivity contribution is 7.71. The zero-order chi connectivity index (χ0) is 66.7. The van der Waals surface area contributed by atoms with E-state index in [1.807, 2.05) is 102 Å². The first-order valence-corrected chi connectivity index (χ1v) is 42.9. The molecule has 0 amide bonds. The van der Waals surface area contributed by atoms with Crippen molar-refractivity contribution < 1.29 is 18.3 Å². The topological polar surface area (TPSA) is 68.3 Å². The molecular weight excluding hydrogens is 1240 g/mol. The zero-order valence-electron chi connectivity index (χ0n) is 55.3. The molecule has 15 aromatic carbocycles. The summed E-state index contributed by atoms with van der Waals surface area (Å²) in [5, 5.41) is 15.5.